The molecule has 0 bridgehead atoms. The van der Waals surface area contributed by atoms with Crippen molar-refractivity contribution in [2.75, 3.05) is 6.61 Å². The number of hydrogen-bond donors (Lipinski definition) is 1. The Bertz CT molecular complexity index is 705. The minimum absolute atomic E-state index is 0.0334. The summed E-state index contributed by atoms with van der Waals surface area (Å²) in [6, 6.07) is 15.8. The lowest BCUT2D eigenvalue weighted by molar-refractivity contribution is 0.0932. The van der Waals surface area contributed by atoms with E-state index in [0.717, 1.165) is 23.1 Å². The van der Waals surface area contributed by atoms with Crippen LogP contribution in [0.3, 0.4) is 0 Å². The molecular weight excluding hydrogens is 366 g/mol. The van der Waals surface area contributed by atoms with E-state index in [4.69, 9.17) is 4.74 Å². The van der Waals surface area contributed by atoms with Crippen LogP contribution in [-0.2, 0) is 5.41 Å². The van der Waals surface area contributed by atoms with Crippen molar-refractivity contribution in [3.8, 4) is 5.75 Å². The number of nitrogens with one attached hydrogen (secondary N) is 1. The van der Waals surface area contributed by atoms with Gasteiger partial charge in [0.15, 0.2) is 0 Å². The molecule has 1 fully saturated rings. The Hall–Kier alpha value is -1.81. The van der Waals surface area contributed by atoms with Gasteiger partial charge in [0.1, 0.15) is 5.75 Å². The molecule has 1 unspecified atom stereocenters. The van der Waals surface area contributed by atoms with Crippen molar-refractivity contribution in [3.63, 3.8) is 0 Å². The van der Waals surface area contributed by atoms with Crippen LogP contribution in [-0.4, -0.2) is 18.6 Å². The topological polar surface area (TPSA) is 38.3 Å². The van der Waals surface area contributed by atoms with Crippen LogP contribution in [0.1, 0.15) is 42.6 Å². The van der Waals surface area contributed by atoms with E-state index in [1.807, 2.05) is 31.2 Å². The van der Waals surface area contributed by atoms with Crippen molar-refractivity contribution in [2.24, 2.45) is 0 Å². The molecule has 4 heteroatoms. The first kappa shape index (κ1) is 17.0. The van der Waals surface area contributed by atoms with Gasteiger partial charge in [0.25, 0.3) is 5.91 Å². The van der Waals surface area contributed by atoms with E-state index in [1.165, 1.54) is 5.56 Å². The van der Waals surface area contributed by atoms with Gasteiger partial charge in [-0.25, -0.2) is 0 Å². The molecule has 0 radical (unpaired) electrons. The van der Waals surface area contributed by atoms with E-state index >= 15 is 0 Å². The second-order valence-corrected chi connectivity index (χ2v) is 7.23. The zero-order chi connectivity index (χ0) is 17.2. The van der Waals surface area contributed by atoms with Crippen LogP contribution >= 0.6 is 15.9 Å². The van der Waals surface area contributed by atoms with Gasteiger partial charge in [0.2, 0.25) is 0 Å². The molecule has 1 atom stereocenters. The minimum Gasteiger partial charge on any atom is -0.494 e. The highest BCUT2D eigenvalue weighted by Crippen LogP contribution is 2.51. The third-order valence-electron chi connectivity index (χ3n) is 4.81. The van der Waals surface area contributed by atoms with Crippen molar-refractivity contribution in [2.45, 2.75) is 38.1 Å². The molecule has 1 aliphatic rings. The fourth-order valence-electron chi connectivity index (χ4n) is 3.18. The van der Waals surface area contributed by atoms with Crippen LogP contribution in [0.2, 0.25) is 0 Å². The first-order chi connectivity index (χ1) is 11.5. The standard InChI is InChI=1S/C20H22BrNO2/c1-3-24-18-10-4-15(5-11-18)19(23)22-14(2)20(12-13-20)16-6-8-17(21)9-7-16/h4-11,14H,3,12-13H2,1-2H3,(H,22,23). The predicted molar refractivity (Wildman–Crippen MR) is 99.6 cm³/mol. The molecule has 126 valence electrons. The normalized spacial score (nSPS) is 16.3. The van der Waals surface area contributed by atoms with E-state index < -0.39 is 0 Å². The molecule has 0 aromatic heterocycles. The van der Waals surface area contributed by atoms with Gasteiger partial charge in [-0.05, 0) is 68.7 Å². The number of hydrogen-bond acceptors (Lipinski definition) is 2. The van der Waals surface area contributed by atoms with E-state index in [0.29, 0.717) is 12.2 Å². The van der Waals surface area contributed by atoms with Crippen molar-refractivity contribution in [1.29, 1.82) is 0 Å². The summed E-state index contributed by atoms with van der Waals surface area (Å²) >= 11 is 3.48. The van der Waals surface area contributed by atoms with Crippen LogP contribution < -0.4 is 10.1 Å². The van der Waals surface area contributed by atoms with E-state index in [-0.39, 0.29) is 17.4 Å². The maximum Gasteiger partial charge on any atom is 0.251 e. The van der Waals surface area contributed by atoms with Gasteiger partial charge < -0.3 is 10.1 Å². The number of benzene rings is 2. The molecule has 1 aliphatic carbocycles. The summed E-state index contributed by atoms with van der Waals surface area (Å²) in [6.45, 7) is 4.67. The highest BCUT2D eigenvalue weighted by molar-refractivity contribution is 9.10. The molecule has 2 aromatic rings. The first-order valence-corrected chi connectivity index (χ1v) is 9.14. The zero-order valence-corrected chi connectivity index (χ0v) is 15.6. The van der Waals surface area contributed by atoms with Crippen molar-refractivity contribution < 1.29 is 9.53 Å². The second kappa shape index (κ2) is 6.98. The number of amides is 1. The first-order valence-electron chi connectivity index (χ1n) is 8.35. The Labute approximate surface area is 151 Å². The Balaban J connectivity index is 1.68. The predicted octanol–water partition coefficient (Wildman–Crippen LogP) is 4.70. The van der Waals surface area contributed by atoms with Crippen LogP contribution in [0.4, 0.5) is 0 Å². The molecule has 1 saturated carbocycles. The van der Waals surface area contributed by atoms with Gasteiger partial charge in [-0.2, -0.15) is 0 Å². The third-order valence-corrected chi connectivity index (χ3v) is 5.34. The summed E-state index contributed by atoms with van der Waals surface area (Å²) in [4.78, 5) is 12.5. The summed E-state index contributed by atoms with van der Waals surface area (Å²) in [5.41, 5.74) is 2.03. The molecule has 0 aliphatic heterocycles. The number of carbonyl (C=O) groups is 1. The van der Waals surface area contributed by atoms with Crippen LogP contribution in [0.25, 0.3) is 0 Å². The highest BCUT2D eigenvalue weighted by Gasteiger charge is 2.49. The largest absolute Gasteiger partial charge is 0.494 e. The highest BCUT2D eigenvalue weighted by atomic mass is 79.9. The maximum atomic E-state index is 12.5. The van der Waals surface area contributed by atoms with Crippen molar-refractivity contribution in [1.82, 2.24) is 5.32 Å². The molecule has 3 nitrogen and oxygen atoms in total. The van der Waals surface area contributed by atoms with Gasteiger partial charge in [0, 0.05) is 21.5 Å². The quantitative estimate of drug-likeness (QED) is 0.779. The molecular formula is C20H22BrNO2. The molecule has 0 spiro atoms. The fraction of sp³-hybridized carbons (Fsp3) is 0.350. The Morgan fingerprint density at radius 1 is 1.17 bits per heavy atom. The van der Waals surface area contributed by atoms with Crippen LogP contribution in [0, 0.1) is 0 Å². The molecule has 24 heavy (non-hydrogen) atoms. The Morgan fingerprint density at radius 3 is 2.33 bits per heavy atom. The lowest BCUT2D eigenvalue weighted by Crippen LogP contribution is -2.41. The monoisotopic (exact) mass is 387 g/mol. The maximum absolute atomic E-state index is 12.5. The number of ether oxygens (including phenoxy) is 1. The third kappa shape index (κ3) is 3.48. The SMILES string of the molecule is CCOc1ccc(C(=O)NC(C)C2(c3ccc(Br)cc3)CC2)cc1. The molecule has 3 rings (SSSR count). The summed E-state index contributed by atoms with van der Waals surface area (Å²) in [5.74, 6) is 0.754. The smallest absolute Gasteiger partial charge is 0.251 e. The molecule has 0 heterocycles. The van der Waals surface area contributed by atoms with E-state index in [2.05, 4.69) is 52.4 Å². The van der Waals surface area contributed by atoms with Gasteiger partial charge in [0.05, 0.1) is 6.61 Å². The molecule has 1 amide bonds. The zero-order valence-electron chi connectivity index (χ0n) is 14.0. The molecule has 0 saturated heterocycles. The Kier molecular flexibility index (Phi) is 4.95. The number of carbonyl (C=O) groups excluding carboxylic acids is 1. The van der Waals surface area contributed by atoms with Gasteiger partial charge in [-0.3, -0.25) is 4.79 Å². The van der Waals surface area contributed by atoms with Gasteiger partial charge in [-0.1, -0.05) is 28.1 Å². The van der Waals surface area contributed by atoms with Crippen LogP contribution in [0.5, 0.6) is 5.75 Å². The molecule has 1 N–H and O–H groups in total. The van der Waals surface area contributed by atoms with Crippen LogP contribution in [0.15, 0.2) is 53.0 Å². The van der Waals surface area contributed by atoms with Crippen molar-refractivity contribution >= 4 is 21.8 Å². The minimum atomic E-state index is -0.0334. The summed E-state index contributed by atoms with van der Waals surface area (Å²) in [6.07, 6.45) is 2.22. The van der Waals surface area contributed by atoms with E-state index in [1.54, 1.807) is 0 Å². The summed E-state index contributed by atoms with van der Waals surface area (Å²) in [7, 11) is 0. The van der Waals surface area contributed by atoms with Gasteiger partial charge >= 0.3 is 0 Å². The number of rotatable bonds is 6. The second-order valence-electron chi connectivity index (χ2n) is 6.32. The lowest BCUT2D eigenvalue weighted by atomic mass is 9.89. The summed E-state index contributed by atoms with van der Waals surface area (Å²) in [5, 5.41) is 3.17. The fourth-order valence-corrected chi connectivity index (χ4v) is 3.44. The number of halogens is 1. The lowest BCUT2D eigenvalue weighted by Gasteiger charge is -2.25. The van der Waals surface area contributed by atoms with Gasteiger partial charge in [-0.15, -0.1) is 0 Å². The summed E-state index contributed by atoms with van der Waals surface area (Å²) < 4.78 is 6.49. The average molecular weight is 388 g/mol. The average Bonchev–Trinajstić information content (AvgIpc) is 3.38. The van der Waals surface area contributed by atoms with Crippen molar-refractivity contribution in [3.05, 3.63) is 64.1 Å². The molecule has 2 aromatic carbocycles. The Morgan fingerprint density at radius 2 is 1.79 bits per heavy atom. The van der Waals surface area contributed by atoms with E-state index in [9.17, 15) is 4.79 Å².